The molecular weight excluding hydrogens is 240 g/mol. The van der Waals surface area contributed by atoms with Crippen LogP contribution in [0.15, 0.2) is 42.7 Å². The second kappa shape index (κ2) is 4.61. The van der Waals surface area contributed by atoms with Gasteiger partial charge in [0.05, 0.1) is 25.4 Å². The van der Waals surface area contributed by atoms with Crippen LogP contribution in [-0.4, -0.2) is 21.6 Å². The fourth-order valence-electron chi connectivity index (χ4n) is 2.12. The Morgan fingerprint density at radius 1 is 1.32 bits per heavy atom. The number of nitrogens with two attached hydrogens (primary N) is 1. The van der Waals surface area contributed by atoms with Gasteiger partial charge < -0.3 is 15.0 Å². The van der Waals surface area contributed by atoms with Gasteiger partial charge in [0.2, 0.25) is 5.95 Å². The Bertz CT molecular complexity index is 720. The Balaban J connectivity index is 2.02. The van der Waals surface area contributed by atoms with Crippen LogP contribution in [0.4, 0.5) is 5.95 Å². The van der Waals surface area contributed by atoms with Crippen molar-refractivity contribution in [2.45, 2.75) is 6.54 Å². The lowest BCUT2D eigenvalue weighted by atomic mass is 10.2. The number of aromatic nitrogens is 3. The minimum absolute atomic E-state index is 0.491. The second-order valence-corrected chi connectivity index (χ2v) is 4.27. The first-order chi connectivity index (χ1) is 9.28. The molecule has 5 nitrogen and oxygen atoms in total. The van der Waals surface area contributed by atoms with Gasteiger partial charge in [0.1, 0.15) is 11.3 Å². The molecule has 0 atom stereocenters. The molecule has 0 saturated heterocycles. The predicted octanol–water partition coefficient (Wildman–Crippen LogP) is 2.07. The fraction of sp³-hybridized carbons (Fsp3) is 0.143. The van der Waals surface area contributed by atoms with Crippen molar-refractivity contribution in [2.75, 3.05) is 12.8 Å². The zero-order chi connectivity index (χ0) is 13.2. The number of ether oxygens (including phenoxy) is 1. The van der Waals surface area contributed by atoms with Crippen LogP contribution in [0.2, 0.25) is 0 Å². The molecule has 0 radical (unpaired) electrons. The third-order valence-electron chi connectivity index (χ3n) is 3.05. The Morgan fingerprint density at radius 2 is 2.21 bits per heavy atom. The summed E-state index contributed by atoms with van der Waals surface area (Å²) in [5.41, 5.74) is 8.87. The zero-order valence-electron chi connectivity index (χ0n) is 10.6. The molecule has 2 N–H and O–H groups in total. The largest absolute Gasteiger partial charge is 0.497 e. The average molecular weight is 254 g/mol. The summed E-state index contributed by atoms with van der Waals surface area (Å²) in [7, 11) is 1.66. The molecule has 5 heteroatoms. The summed E-state index contributed by atoms with van der Waals surface area (Å²) in [5, 5.41) is 0. The highest BCUT2D eigenvalue weighted by atomic mass is 16.5. The molecule has 0 aliphatic carbocycles. The molecule has 0 aliphatic heterocycles. The predicted molar refractivity (Wildman–Crippen MR) is 74.0 cm³/mol. The van der Waals surface area contributed by atoms with Gasteiger partial charge in [-0.25, -0.2) is 4.98 Å². The molecule has 0 fully saturated rings. The highest BCUT2D eigenvalue weighted by Crippen LogP contribution is 2.20. The summed E-state index contributed by atoms with van der Waals surface area (Å²) in [6.45, 7) is 0.656. The number of nitrogen functional groups attached to an aromatic ring is 1. The number of imidazole rings is 1. The van der Waals surface area contributed by atoms with Gasteiger partial charge >= 0.3 is 0 Å². The molecule has 0 amide bonds. The molecule has 0 unspecified atom stereocenters. The summed E-state index contributed by atoms with van der Waals surface area (Å²) in [4.78, 5) is 8.35. The maximum absolute atomic E-state index is 5.96. The molecule has 2 aromatic heterocycles. The number of pyridine rings is 1. The van der Waals surface area contributed by atoms with Crippen LogP contribution in [0.1, 0.15) is 5.56 Å². The molecule has 3 rings (SSSR count). The van der Waals surface area contributed by atoms with E-state index in [-0.39, 0.29) is 0 Å². The van der Waals surface area contributed by atoms with Crippen LogP contribution in [0, 0.1) is 0 Å². The molecule has 0 aliphatic rings. The van der Waals surface area contributed by atoms with E-state index in [9.17, 15) is 0 Å². The van der Waals surface area contributed by atoms with E-state index in [0.717, 1.165) is 22.3 Å². The van der Waals surface area contributed by atoms with Gasteiger partial charge in [-0.3, -0.25) is 4.98 Å². The molecule has 0 saturated carbocycles. The maximum Gasteiger partial charge on any atom is 0.201 e. The van der Waals surface area contributed by atoms with Gasteiger partial charge in [-0.2, -0.15) is 0 Å². The minimum atomic E-state index is 0.491. The molecular formula is C14H14N4O. The van der Waals surface area contributed by atoms with Crippen molar-refractivity contribution >= 4 is 17.0 Å². The van der Waals surface area contributed by atoms with E-state index in [0.29, 0.717) is 12.5 Å². The maximum atomic E-state index is 5.96. The summed E-state index contributed by atoms with van der Waals surface area (Å²) < 4.78 is 7.19. The Hall–Kier alpha value is -2.56. The van der Waals surface area contributed by atoms with Crippen LogP contribution in [0.3, 0.4) is 0 Å². The summed E-state index contributed by atoms with van der Waals surface area (Å²) in [6.07, 6.45) is 3.46. The fourth-order valence-corrected chi connectivity index (χ4v) is 2.12. The Labute approximate surface area is 110 Å². The smallest absolute Gasteiger partial charge is 0.201 e. The first-order valence-corrected chi connectivity index (χ1v) is 5.96. The molecule has 0 spiro atoms. The van der Waals surface area contributed by atoms with Crippen molar-refractivity contribution in [1.82, 2.24) is 14.5 Å². The normalized spacial score (nSPS) is 10.8. The molecule has 3 aromatic rings. The SMILES string of the molecule is COc1cccc(Cn2c(N)nc3cnccc32)c1. The lowest BCUT2D eigenvalue weighted by Gasteiger charge is -2.08. The molecule has 1 aromatic carbocycles. The van der Waals surface area contributed by atoms with E-state index in [4.69, 9.17) is 10.5 Å². The monoisotopic (exact) mass is 254 g/mol. The first kappa shape index (κ1) is 11.5. The number of benzene rings is 1. The highest BCUT2D eigenvalue weighted by molar-refractivity contribution is 5.77. The number of hydrogen-bond donors (Lipinski definition) is 1. The number of anilines is 1. The van der Waals surface area contributed by atoms with Crippen LogP contribution >= 0.6 is 0 Å². The number of fused-ring (bicyclic) bond motifs is 1. The lowest BCUT2D eigenvalue weighted by molar-refractivity contribution is 0.414. The van der Waals surface area contributed by atoms with E-state index in [2.05, 4.69) is 9.97 Å². The summed E-state index contributed by atoms with van der Waals surface area (Å²) in [5.74, 6) is 1.33. The van der Waals surface area contributed by atoms with Crippen LogP contribution in [-0.2, 0) is 6.54 Å². The van der Waals surface area contributed by atoms with Gasteiger partial charge in [-0.15, -0.1) is 0 Å². The van der Waals surface area contributed by atoms with Crippen LogP contribution < -0.4 is 10.5 Å². The molecule has 0 bridgehead atoms. The van der Waals surface area contributed by atoms with E-state index in [1.807, 2.05) is 34.9 Å². The Morgan fingerprint density at radius 3 is 3.05 bits per heavy atom. The standard InChI is InChI=1S/C14H14N4O/c1-19-11-4-2-3-10(7-11)9-18-13-5-6-16-8-12(13)17-14(18)15/h2-8H,9H2,1H3,(H2,15,17). The van der Waals surface area contributed by atoms with Gasteiger partial charge in [0.15, 0.2) is 0 Å². The van der Waals surface area contributed by atoms with Crippen molar-refractivity contribution in [3.8, 4) is 5.75 Å². The highest BCUT2D eigenvalue weighted by Gasteiger charge is 2.08. The number of rotatable bonds is 3. The summed E-state index contributed by atoms with van der Waals surface area (Å²) >= 11 is 0. The van der Waals surface area contributed by atoms with Crippen LogP contribution in [0.25, 0.3) is 11.0 Å². The van der Waals surface area contributed by atoms with E-state index in [1.54, 1.807) is 19.5 Å². The number of nitrogens with zero attached hydrogens (tertiary/aromatic N) is 3. The molecule has 96 valence electrons. The second-order valence-electron chi connectivity index (χ2n) is 4.27. The number of hydrogen-bond acceptors (Lipinski definition) is 4. The van der Waals surface area contributed by atoms with Gasteiger partial charge in [0, 0.05) is 6.20 Å². The van der Waals surface area contributed by atoms with Crippen molar-refractivity contribution in [3.05, 3.63) is 48.3 Å². The third kappa shape index (κ3) is 2.10. The molecule has 19 heavy (non-hydrogen) atoms. The van der Waals surface area contributed by atoms with Crippen molar-refractivity contribution in [2.24, 2.45) is 0 Å². The van der Waals surface area contributed by atoms with Crippen molar-refractivity contribution < 1.29 is 4.74 Å². The third-order valence-corrected chi connectivity index (χ3v) is 3.05. The minimum Gasteiger partial charge on any atom is -0.497 e. The zero-order valence-corrected chi connectivity index (χ0v) is 10.6. The quantitative estimate of drug-likeness (QED) is 0.777. The van der Waals surface area contributed by atoms with E-state index < -0.39 is 0 Å². The average Bonchev–Trinajstić information content (AvgIpc) is 2.76. The first-order valence-electron chi connectivity index (χ1n) is 5.96. The van der Waals surface area contributed by atoms with Gasteiger partial charge in [-0.05, 0) is 23.8 Å². The van der Waals surface area contributed by atoms with E-state index >= 15 is 0 Å². The lowest BCUT2D eigenvalue weighted by Crippen LogP contribution is -2.04. The Kier molecular flexibility index (Phi) is 2.79. The molecule has 2 heterocycles. The van der Waals surface area contributed by atoms with Crippen molar-refractivity contribution in [3.63, 3.8) is 0 Å². The van der Waals surface area contributed by atoms with Gasteiger partial charge in [-0.1, -0.05) is 12.1 Å². The van der Waals surface area contributed by atoms with Crippen molar-refractivity contribution in [1.29, 1.82) is 0 Å². The van der Waals surface area contributed by atoms with Gasteiger partial charge in [0.25, 0.3) is 0 Å². The van der Waals surface area contributed by atoms with E-state index in [1.165, 1.54) is 0 Å². The topological polar surface area (TPSA) is 66.0 Å². The van der Waals surface area contributed by atoms with Crippen LogP contribution in [0.5, 0.6) is 5.75 Å². The number of methoxy groups -OCH3 is 1. The summed E-state index contributed by atoms with van der Waals surface area (Å²) in [6, 6.07) is 9.83.